The summed E-state index contributed by atoms with van der Waals surface area (Å²) in [5.41, 5.74) is 1.20. The molecule has 80 valence electrons. The van der Waals surface area contributed by atoms with Gasteiger partial charge < -0.3 is 9.30 Å². The van der Waals surface area contributed by atoms with Crippen LogP contribution in [-0.4, -0.2) is 17.6 Å². The zero-order chi connectivity index (χ0) is 11.0. The van der Waals surface area contributed by atoms with E-state index < -0.39 is 0 Å². The van der Waals surface area contributed by atoms with Crippen LogP contribution in [0.25, 0.3) is 0 Å². The molecule has 0 atom stereocenters. The van der Waals surface area contributed by atoms with Crippen molar-refractivity contribution in [2.24, 2.45) is 0 Å². The second kappa shape index (κ2) is 3.81. The molecule has 5 heteroatoms. The van der Waals surface area contributed by atoms with E-state index in [0.717, 1.165) is 18.5 Å². The van der Waals surface area contributed by atoms with E-state index in [4.69, 9.17) is 0 Å². The maximum atomic E-state index is 11.7. The fourth-order valence-electron chi connectivity index (χ4n) is 1.87. The van der Waals surface area contributed by atoms with E-state index in [-0.39, 0.29) is 11.5 Å². The monoisotopic (exact) mass is 271 g/mol. The Morgan fingerprint density at radius 2 is 2.33 bits per heavy atom. The van der Waals surface area contributed by atoms with Crippen molar-refractivity contribution in [2.75, 3.05) is 7.11 Å². The largest absolute Gasteiger partial charge is 0.465 e. The van der Waals surface area contributed by atoms with Gasteiger partial charge in [-0.1, -0.05) is 0 Å². The molecule has 1 aliphatic rings. The maximum absolute atomic E-state index is 11.7. The molecule has 0 fully saturated rings. The lowest BCUT2D eigenvalue weighted by molar-refractivity contribution is 0.0598. The smallest absolute Gasteiger partial charge is 0.339 e. The van der Waals surface area contributed by atoms with E-state index in [1.54, 1.807) is 10.6 Å². The number of esters is 1. The van der Waals surface area contributed by atoms with Crippen LogP contribution in [0, 0.1) is 0 Å². The fourth-order valence-corrected chi connectivity index (χ4v) is 2.31. The predicted octanol–water partition coefficient (Wildman–Crippen LogP) is 1.34. The van der Waals surface area contributed by atoms with Gasteiger partial charge in [-0.2, -0.15) is 0 Å². The summed E-state index contributed by atoms with van der Waals surface area (Å²) in [7, 11) is 1.34. The van der Waals surface area contributed by atoms with Crippen molar-refractivity contribution in [3.8, 4) is 0 Å². The Bertz CT molecular complexity index is 478. The van der Waals surface area contributed by atoms with Gasteiger partial charge in [0.2, 0.25) is 0 Å². The summed E-state index contributed by atoms with van der Waals surface area (Å²) < 4.78 is 6.73. The maximum Gasteiger partial charge on any atom is 0.339 e. The molecule has 0 aliphatic carbocycles. The fraction of sp³-hybridized carbons (Fsp3) is 0.400. The predicted molar refractivity (Wildman–Crippen MR) is 58.1 cm³/mol. The van der Waals surface area contributed by atoms with E-state index >= 15 is 0 Å². The molecule has 2 heterocycles. The Morgan fingerprint density at radius 1 is 1.60 bits per heavy atom. The van der Waals surface area contributed by atoms with Crippen LogP contribution >= 0.6 is 15.9 Å². The summed E-state index contributed by atoms with van der Waals surface area (Å²) >= 11 is 3.16. The number of rotatable bonds is 1. The second-order valence-electron chi connectivity index (χ2n) is 3.40. The van der Waals surface area contributed by atoms with E-state index in [1.165, 1.54) is 7.11 Å². The number of ether oxygens (including phenoxy) is 1. The Labute approximate surface area is 95.0 Å². The van der Waals surface area contributed by atoms with Gasteiger partial charge in [0.05, 0.1) is 17.1 Å². The lowest BCUT2D eigenvalue weighted by Gasteiger charge is -2.08. The van der Waals surface area contributed by atoms with E-state index in [2.05, 4.69) is 20.7 Å². The first-order valence-electron chi connectivity index (χ1n) is 4.65. The van der Waals surface area contributed by atoms with Crippen LogP contribution in [0.5, 0.6) is 0 Å². The van der Waals surface area contributed by atoms with Gasteiger partial charge in [0.15, 0.2) is 0 Å². The van der Waals surface area contributed by atoms with Crippen molar-refractivity contribution in [3.63, 3.8) is 0 Å². The van der Waals surface area contributed by atoms with Crippen LogP contribution in [0.3, 0.4) is 0 Å². The molecule has 0 amide bonds. The molecule has 0 radical (unpaired) electrons. The van der Waals surface area contributed by atoms with Gasteiger partial charge in [0.1, 0.15) is 0 Å². The summed E-state index contributed by atoms with van der Waals surface area (Å²) in [4.78, 5) is 23.2. The first-order valence-corrected chi connectivity index (χ1v) is 5.45. The molecular formula is C10H10BrNO3. The molecular weight excluding hydrogens is 262 g/mol. The van der Waals surface area contributed by atoms with Crippen LogP contribution in [0.4, 0.5) is 0 Å². The zero-order valence-electron chi connectivity index (χ0n) is 8.25. The molecule has 1 aromatic heterocycles. The number of carbonyl (C=O) groups is 1. The van der Waals surface area contributed by atoms with Gasteiger partial charge in [-0.3, -0.25) is 4.79 Å². The van der Waals surface area contributed by atoms with Gasteiger partial charge in [-0.05, 0) is 34.8 Å². The van der Waals surface area contributed by atoms with Crippen LogP contribution in [-0.2, 0) is 17.7 Å². The third-order valence-corrected chi connectivity index (χ3v) is 3.13. The summed E-state index contributed by atoms with van der Waals surface area (Å²) in [6.07, 6.45) is 1.66. The van der Waals surface area contributed by atoms with Crippen LogP contribution in [0.15, 0.2) is 15.3 Å². The normalized spacial score (nSPS) is 13.7. The van der Waals surface area contributed by atoms with E-state index in [0.29, 0.717) is 16.6 Å². The van der Waals surface area contributed by atoms with E-state index in [9.17, 15) is 9.59 Å². The van der Waals surface area contributed by atoms with Crippen LogP contribution in [0.1, 0.15) is 22.5 Å². The highest BCUT2D eigenvalue weighted by atomic mass is 79.9. The Morgan fingerprint density at radius 3 is 3.00 bits per heavy atom. The third-order valence-electron chi connectivity index (χ3n) is 2.56. The zero-order valence-corrected chi connectivity index (χ0v) is 9.83. The first-order chi connectivity index (χ1) is 7.15. The molecule has 4 nitrogen and oxygen atoms in total. The van der Waals surface area contributed by atoms with Crippen molar-refractivity contribution in [3.05, 3.63) is 32.2 Å². The van der Waals surface area contributed by atoms with Crippen molar-refractivity contribution in [1.29, 1.82) is 0 Å². The molecule has 0 saturated heterocycles. The Hall–Kier alpha value is -1.10. The highest BCUT2D eigenvalue weighted by Gasteiger charge is 2.22. The molecule has 0 saturated carbocycles. The number of halogens is 1. The van der Waals surface area contributed by atoms with Gasteiger partial charge in [0.25, 0.3) is 5.56 Å². The summed E-state index contributed by atoms with van der Waals surface area (Å²) in [5.74, 6) is -0.388. The highest BCUT2D eigenvalue weighted by molar-refractivity contribution is 9.10. The lowest BCUT2D eigenvalue weighted by atomic mass is 10.1. The molecule has 1 aromatic rings. The highest BCUT2D eigenvalue weighted by Crippen LogP contribution is 2.20. The van der Waals surface area contributed by atoms with Crippen molar-refractivity contribution >= 4 is 21.9 Å². The van der Waals surface area contributed by atoms with Gasteiger partial charge in [-0.15, -0.1) is 0 Å². The van der Waals surface area contributed by atoms with Gasteiger partial charge in [-0.25, -0.2) is 4.79 Å². The average Bonchev–Trinajstić information content (AvgIpc) is 2.71. The van der Waals surface area contributed by atoms with Gasteiger partial charge >= 0.3 is 5.97 Å². The molecule has 0 bridgehead atoms. The molecule has 1 aliphatic heterocycles. The Kier molecular flexibility index (Phi) is 2.65. The van der Waals surface area contributed by atoms with E-state index in [1.807, 2.05) is 0 Å². The number of methoxy groups -OCH3 is 1. The molecule has 0 unspecified atom stereocenters. The number of hydrogen-bond acceptors (Lipinski definition) is 3. The number of aromatic nitrogens is 1. The lowest BCUT2D eigenvalue weighted by Crippen LogP contribution is -2.23. The number of hydrogen-bond donors (Lipinski definition) is 0. The van der Waals surface area contributed by atoms with Crippen LogP contribution < -0.4 is 5.56 Å². The number of carbonyl (C=O) groups excluding carboxylic acids is 1. The van der Waals surface area contributed by atoms with Gasteiger partial charge in [0, 0.05) is 12.2 Å². The average molecular weight is 272 g/mol. The first kappa shape index (κ1) is 10.4. The quantitative estimate of drug-likeness (QED) is 0.725. The van der Waals surface area contributed by atoms with Crippen molar-refractivity contribution in [2.45, 2.75) is 19.4 Å². The van der Waals surface area contributed by atoms with Crippen molar-refractivity contribution < 1.29 is 9.53 Å². The summed E-state index contributed by atoms with van der Waals surface area (Å²) in [6, 6.07) is 1.55. The molecule has 15 heavy (non-hydrogen) atoms. The summed E-state index contributed by atoms with van der Waals surface area (Å²) in [5, 5.41) is 0. The molecule has 2 rings (SSSR count). The SMILES string of the molecule is COC(=O)c1cc(Br)c(=O)n2c1CCC2. The minimum absolute atomic E-state index is 0.0739. The second-order valence-corrected chi connectivity index (χ2v) is 4.26. The molecule has 0 N–H and O–H groups in total. The molecule has 0 spiro atoms. The topological polar surface area (TPSA) is 48.3 Å². The van der Waals surface area contributed by atoms with Crippen molar-refractivity contribution in [1.82, 2.24) is 4.57 Å². The minimum Gasteiger partial charge on any atom is -0.465 e. The number of nitrogens with zero attached hydrogens (tertiary/aromatic N) is 1. The number of pyridine rings is 1. The molecule has 0 aromatic carbocycles. The van der Waals surface area contributed by atoms with Crippen LogP contribution in [0.2, 0.25) is 0 Å². The Balaban J connectivity index is 2.67. The minimum atomic E-state index is -0.388. The summed E-state index contributed by atoms with van der Waals surface area (Å²) in [6.45, 7) is 0.678. The standard InChI is InChI=1S/C10H10BrNO3/c1-15-10(14)6-5-7(11)9(13)12-4-2-3-8(6)12/h5H,2-4H2,1H3. The third kappa shape index (κ3) is 1.61. The number of fused-ring (bicyclic) bond motifs is 1.